The van der Waals surface area contributed by atoms with E-state index in [4.69, 9.17) is 5.11 Å². The van der Waals surface area contributed by atoms with Gasteiger partial charge in [0.1, 0.15) is 0 Å². The third kappa shape index (κ3) is 3.81. The van der Waals surface area contributed by atoms with Gasteiger partial charge in [-0.1, -0.05) is 20.8 Å². The van der Waals surface area contributed by atoms with Crippen LogP contribution in [0, 0.1) is 5.41 Å². The Morgan fingerprint density at radius 2 is 1.94 bits per heavy atom. The molecule has 0 aliphatic carbocycles. The van der Waals surface area contributed by atoms with Gasteiger partial charge >= 0.3 is 6.18 Å². The SMILES string of the molecule is CC(C)(C)[C@H](CO)Nc1nc(C(F)(F)F)ns1. The van der Waals surface area contributed by atoms with Gasteiger partial charge in [0.2, 0.25) is 11.0 Å². The molecule has 0 aliphatic rings. The number of aromatic nitrogens is 2. The first-order valence-electron chi connectivity index (χ1n) is 4.93. The predicted octanol–water partition coefficient (Wildman–Crippen LogP) is 2.38. The van der Waals surface area contributed by atoms with E-state index in [2.05, 4.69) is 14.7 Å². The molecule has 98 valence electrons. The summed E-state index contributed by atoms with van der Waals surface area (Å²) >= 11 is 0.633. The lowest BCUT2D eigenvalue weighted by Crippen LogP contribution is -2.37. The maximum atomic E-state index is 12.3. The van der Waals surface area contributed by atoms with Crippen LogP contribution in [0.15, 0.2) is 0 Å². The first-order chi connectivity index (χ1) is 7.64. The van der Waals surface area contributed by atoms with E-state index in [0.717, 1.165) is 0 Å². The zero-order valence-electron chi connectivity index (χ0n) is 9.67. The normalized spacial score (nSPS) is 14.8. The lowest BCUT2D eigenvalue weighted by atomic mass is 9.87. The molecule has 0 unspecified atom stereocenters. The van der Waals surface area contributed by atoms with Crippen molar-refractivity contribution in [2.75, 3.05) is 11.9 Å². The minimum Gasteiger partial charge on any atom is -0.394 e. The quantitative estimate of drug-likeness (QED) is 0.884. The fourth-order valence-electron chi connectivity index (χ4n) is 1.08. The van der Waals surface area contributed by atoms with Crippen molar-refractivity contribution in [3.8, 4) is 0 Å². The molecule has 0 spiro atoms. The van der Waals surface area contributed by atoms with Gasteiger partial charge in [0.25, 0.3) is 0 Å². The highest BCUT2D eigenvalue weighted by atomic mass is 32.1. The molecule has 1 heterocycles. The molecular weight excluding hydrogens is 255 g/mol. The van der Waals surface area contributed by atoms with E-state index < -0.39 is 12.0 Å². The van der Waals surface area contributed by atoms with Crippen LogP contribution >= 0.6 is 11.5 Å². The number of alkyl halides is 3. The summed E-state index contributed by atoms with van der Waals surface area (Å²) in [6, 6.07) is -0.378. The first kappa shape index (κ1) is 14.2. The van der Waals surface area contributed by atoms with Crippen LogP contribution in [0.3, 0.4) is 0 Å². The smallest absolute Gasteiger partial charge is 0.394 e. The van der Waals surface area contributed by atoms with Gasteiger partial charge in [0, 0.05) is 11.5 Å². The molecular formula is C9H14F3N3OS. The van der Waals surface area contributed by atoms with Crippen LogP contribution in [0.25, 0.3) is 0 Å². The Morgan fingerprint density at radius 3 is 2.29 bits per heavy atom. The van der Waals surface area contributed by atoms with Gasteiger partial charge in [-0.2, -0.15) is 22.5 Å². The summed E-state index contributed by atoms with van der Waals surface area (Å²) in [5.41, 5.74) is -0.293. The highest BCUT2D eigenvalue weighted by molar-refractivity contribution is 7.09. The van der Waals surface area contributed by atoms with Crippen molar-refractivity contribution in [1.82, 2.24) is 9.36 Å². The zero-order chi connectivity index (χ0) is 13.3. The summed E-state index contributed by atoms with van der Waals surface area (Å²) < 4.78 is 40.0. The second-order valence-electron chi connectivity index (χ2n) is 4.67. The Balaban J connectivity index is 2.79. The van der Waals surface area contributed by atoms with Crippen molar-refractivity contribution in [1.29, 1.82) is 0 Å². The van der Waals surface area contributed by atoms with E-state index in [0.29, 0.717) is 11.5 Å². The van der Waals surface area contributed by atoms with Crippen molar-refractivity contribution in [2.24, 2.45) is 5.41 Å². The zero-order valence-corrected chi connectivity index (χ0v) is 10.5. The van der Waals surface area contributed by atoms with Gasteiger partial charge < -0.3 is 10.4 Å². The average Bonchev–Trinajstić information content (AvgIpc) is 2.59. The number of anilines is 1. The largest absolute Gasteiger partial charge is 0.452 e. The Hall–Kier alpha value is -0.890. The maximum Gasteiger partial charge on any atom is 0.452 e. The third-order valence-corrected chi connectivity index (χ3v) is 2.85. The molecule has 0 saturated carbocycles. The van der Waals surface area contributed by atoms with Crippen LogP contribution in [0.4, 0.5) is 18.3 Å². The van der Waals surface area contributed by atoms with E-state index in [9.17, 15) is 13.2 Å². The molecule has 1 atom stereocenters. The minimum absolute atomic E-state index is 0.0614. The van der Waals surface area contributed by atoms with E-state index in [1.165, 1.54) is 0 Å². The molecule has 8 heteroatoms. The van der Waals surface area contributed by atoms with Crippen LogP contribution in [-0.2, 0) is 6.18 Å². The van der Waals surface area contributed by atoms with Crippen molar-refractivity contribution < 1.29 is 18.3 Å². The summed E-state index contributed by atoms with van der Waals surface area (Å²) in [5, 5.41) is 12.0. The fourth-order valence-corrected chi connectivity index (χ4v) is 1.72. The standard InChI is InChI=1S/C9H14F3N3OS/c1-8(2,3)5(4-16)13-7-14-6(15-17-7)9(10,11)12/h5,16H,4H2,1-3H3,(H,13,14,15)/t5-/m0/s1. The average molecular weight is 269 g/mol. The molecule has 0 aliphatic heterocycles. The molecule has 4 nitrogen and oxygen atoms in total. The van der Waals surface area contributed by atoms with E-state index in [-0.39, 0.29) is 23.2 Å². The maximum absolute atomic E-state index is 12.3. The van der Waals surface area contributed by atoms with Gasteiger partial charge in [-0.15, -0.1) is 0 Å². The number of halogens is 3. The number of aliphatic hydroxyl groups is 1. The highest BCUT2D eigenvalue weighted by Gasteiger charge is 2.36. The molecule has 0 amide bonds. The van der Waals surface area contributed by atoms with Crippen LogP contribution in [0.2, 0.25) is 0 Å². The van der Waals surface area contributed by atoms with Crippen molar-refractivity contribution in [3.05, 3.63) is 5.82 Å². The Kier molecular flexibility index (Phi) is 3.98. The number of hydrogen-bond donors (Lipinski definition) is 2. The number of rotatable bonds is 3. The van der Waals surface area contributed by atoms with Crippen molar-refractivity contribution in [3.63, 3.8) is 0 Å². The van der Waals surface area contributed by atoms with Crippen LogP contribution in [0.5, 0.6) is 0 Å². The van der Waals surface area contributed by atoms with E-state index in [1.54, 1.807) is 0 Å². The molecule has 1 aromatic heterocycles. The van der Waals surface area contributed by atoms with Crippen LogP contribution in [-0.4, -0.2) is 27.1 Å². The lowest BCUT2D eigenvalue weighted by Gasteiger charge is -2.29. The molecule has 0 bridgehead atoms. The Morgan fingerprint density at radius 1 is 1.35 bits per heavy atom. The lowest BCUT2D eigenvalue weighted by molar-refractivity contribution is -0.144. The second kappa shape index (κ2) is 4.77. The molecule has 17 heavy (non-hydrogen) atoms. The number of aliphatic hydroxyl groups excluding tert-OH is 1. The number of nitrogens with one attached hydrogen (secondary N) is 1. The fraction of sp³-hybridized carbons (Fsp3) is 0.778. The van der Waals surface area contributed by atoms with Gasteiger partial charge in [-0.25, -0.2) is 0 Å². The summed E-state index contributed by atoms with van der Waals surface area (Å²) in [4.78, 5) is 3.34. The molecule has 0 radical (unpaired) electrons. The first-order valence-corrected chi connectivity index (χ1v) is 5.70. The topological polar surface area (TPSA) is 58.0 Å². The molecule has 0 aromatic carbocycles. The Bertz CT molecular complexity index is 372. The van der Waals surface area contributed by atoms with Crippen molar-refractivity contribution >= 4 is 16.7 Å². The number of hydrogen-bond acceptors (Lipinski definition) is 5. The summed E-state index contributed by atoms with van der Waals surface area (Å²) in [6.45, 7) is 5.41. The second-order valence-corrected chi connectivity index (χ2v) is 5.42. The summed E-state index contributed by atoms with van der Waals surface area (Å²) in [7, 11) is 0. The van der Waals surface area contributed by atoms with Gasteiger partial charge in [-0.3, -0.25) is 0 Å². The van der Waals surface area contributed by atoms with Gasteiger partial charge in [0.15, 0.2) is 0 Å². The van der Waals surface area contributed by atoms with Gasteiger partial charge in [0.05, 0.1) is 12.6 Å². The highest BCUT2D eigenvalue weighted by Crippen LogP contribution is 2.30. The summed E-state index contributed by atoms with van der Waals surface area (Å²) in [6.07, 6.45) is -4.53. The number of nitrogens with zero attached hydrogens (tertiary/aromatic N) is 2. The van der Waals surface area contributed by atoms with E-state index in [1.807, 2.05) is 20.8 Å². The molecule has 0 fully saturated rings. The molecule has 1 aromatic rings. The molecule has 1 rings (SSSR count). The Labute approximate surface area is 101 Å². The minimum atomic E-state index is -4.53. The molecule has 2 N–H and O–H groups in total. The molecule has 0 saturated heterocycles. The monoisotopic (exact) mass is 269 g/mol. The third-order valence-electron chi connectivity index (χ3n) is 2.21. The van der Waals surface area contributed by atoms with Crippen LogP contribution < -0.4 is 5.32 Å². The summed E-state index contributed by atoms with van der Waals surface area (Å²) in [5.74, 6) is -1.16. The predicted molar refractivity (Wildman–Crippen MR) is 58.9 cm³/mol. The van der Waals surface area contributed by atoms with E-state index >= 15 is 0 Å². The van der Waals surface area contributed by atoms with Gasteiger partial charge in [-0.05, 0) is 5.41 Å². The van der Waals surface area contributed by atoms with Crippen LogP contribution in [0.1, 0.15) is 26.6 Å². The van der Waals surface area contributed by atoms with Crippen molar-refractivity contribution in [2.45, 2.75) is 33.0 Å².